The van der Waals surface area contributed by atoms with Gasteiger partial charge in [0.1, 0.15) is 0 Å². The Morgan fingerprint density at radius 1 is 1.25 bits per heavy atom. The lowest BCUT2D eigenvalue weighted by Gasteiger charge is -2.38. The molecule has 24 heavy (non-hydrogen) atoms. The van der Waals surface area contributed by atoms with E-state index in [9.17, 15) is 9.90 Å². The third kappa shape index (κ3) is 5.44. The molecular weight excluding hydrogens is 302 g/mol. The number of nitrogens with zero attached hydrogens (tertiary/aromatic N) is 2. The molecule has 1 amide bonds. The summed E-state index contributed by atoms with van der Waals surface area (Å²) in [5, 5.41) is 13.6. The number of aryl methyl sites for hydroxylation is 1. The number of carbonyl (C=O) groups is 1. The molecule has 0 radical (unpaired) electrons. The Morgan fingerprint density at radius 3 is 2.42 bits per heavy atom. The molecule has 2 rings (SSSR count). The van der Waals surface area contributed by atoms with Gasteiger partial charge in [-0.15, -0.1) is 6.58 Å². The van der Waals surface area contributed by atoms with Gasteiger partial charge in [-0.25, -0.2) is 0 Å². The number of hydrogen-bond acceptors (Lipinski definition) is 4. The third-order valence-electron chi connectivity index (χ3n) is 4.48. The molecule has 1 aromatic rings. The van der Waals surface area contributed by atoms with E-state index in [4.69, 9.17) is 0 Å². The molecule has 0 spiro atoms. The first-order valence-corrected chi connectivity index (χ1v) is 8.52. The lowest BCUT2D eigenvalue weighted by Crippen LogP contribution is -2.52. The van der Waals surface area contributed by atoms with E-state index in [0.717, 1.165) is 31.7 Å². The molecule has 5 nitrogen and oxygen atoms in total. The van der Waals surface area contributed by atoms with Crippen molar-refractivity contribution in [3.63, 3.8) is 0 Å². The third-order valence-corrected chi connectivity index (χ3v) is 4.48. The summed E-state index contributed by atoms with van der Waals surface area (Å²) in [6.07, 6.45) is 1.68. The zero-order valence-corrected chi connectivity index (χ0v) is 14.8. The quantitative estimate of drug-likeness (QED) is 0.735. The summed E-state index contributed by atoms with van der Waals surface area (Å²) < 4.78 is 0. The molecule has 5 heteroatoms. The van der Waals surface area contributed by atoms with Gasteiger partial charge in [-0.2, -0.15) is 0 Å². The van der Waals surface area contributed by atoms with Gasteiger partial charge < -0.3 is 10.4 Å². The number of rotatable bonds is 7. The fourth-order valence-corrected chi connectivity index (χ4v) is 2.99. The summed E-state index contributed by atoms with van der Waals surface area (Å²) in [4.78, 5) is 16.1. The minimum Gasteiger partial charge on any atom is -0.384 e. The van der Waals surface area contributed by atoms with Gasteiger partial charge >= 0.3 is 0 Å². The Labute approximate surface area is 145 Å². The van der Waals surface area contributed by atoms with Crippen LogP contribution in [0.5, 0.6) is 0 Å². The Kier molecular flexibility index (Phi) is 6.54. The fraction of sp³-hybridized carbons (Fsp3) is 0.526. The highest BCUT2D eigenvalue weighted by atomic mass is 16.3. The van der Waals surface area contributed by atoms with Crippen LogP contribution in [0, 0.1) is 6.92 Å². The van der Waals surface area contributed by atoms with Gasteiger partial charge in [0.05, 0.1) is 12.1 Å². The molecule has 0 aliphatic carbocycles. The summed E-state index contributed by atoms with van der Waals surface area (Å²) in [6, 6.07) is 8.05. The minimum absolute atomic E-state index is 0.0370. The molecule has 1 heterocycles. The first kappa shape index (κ1) is 18.6. The molecule has 1 aromatic carbocycles. The topological polar surface area (TPSA) is 55.8 Å². The van der Waals surface area contributed by atoms with Crippen LogP contribution in [0.25, 0.3) is 0 Å². The highest BCUT2D eigenvalue weighted by Crippen LogP contribution is 2.22. The number of benzene rings is 1. The Morgan fingerprint density at radius 2 is 1.83 bits per heavy atom. The average Bonchev–Trinajstić information content (AvgIpc) is 2.55. The summed E-state index contributed by atoms with van der Waals surface area (Å²) in [5.41, 5.74) is 1.27. The van der Waals surface area contributed by atoms with E-state index in [1.54, 1.807) is 6.08 Å². The predicted octanol–water partition coefficient (Wildman–Crippen LogP) is 1.12. The first-order valence-electron chi connectivity index (χ1n) is 8.52. The maximum absolute atomic E-state index is 11.7. The van der Waals surface area contributed by atoms with Gasteiger partial charge in [0.2, 0.25) is 5.91 Å². The lowest BCUT2D eigenvalue weighted by atomic mass is 9.94. The van der Waals surface area contributed by atoms with Crippen LogP contribution in [0.4, 0.5) is 0 Å². The molecule has 0 bridgehead atoms. The second kappa shape index (κ2) is 8.42. The standard InChI is InChI=1S/C19H29N3O2/c1-4-9-20-18(23)14-21-10-12-22(13-11-21)15-19(3,24)17-7-5-16(2)6-8-17/h4-8,24H,1,9-15H2,2-3H3,(H,20,23)/t19-/m1/s1. The molecule has 1 atom stereocenters. The van der Waals surface area contributed by atoms with Crippen molar-refractivity contribution in [3.05, 3.63) is 48.0 Å². The first-order chi connectivity index (χ1) is 11.4. The van der Waals surface area contributed by atoms with Gasteiger partial charge in [0.25, 0.3) is 0 Å². The summed E-state index contributed by atoms with van der Waals surface area (Å²) in [5.74, 6) is 0.0370. The number of aliphatic hydroxyl groups is 1. The number of nitrogens with one attached hydrogen (secondary N) is 1. The molecule has 1 fully saturated rings. The number of β-amino-alcohol motifs (C(OH)–C–C–N with tert-alkyl or cyclic N) is 1. The molecule has 1 saturated heterocycles. The van der Waals surface area contributed by atoms with Crippen LogP contribution in [0.3, 0.4) is 0 Å². The molecular formula is C19H29N3O2. The van der Waals surface area contributed by atoms with Crippen LogP contribution < -0.4 is 5.32 Å². The highest BCUT2D eigenvalue weighted by molar-refractivity contribution is 5.78. The minimum atomic E-state index is -0.864. The SMILES string of the molecule is C=CCNC(=O)CN1CCN(C[C@@](C)(O)c2ccc(C)cc2)CC1. The molecule has 1 aliphatic heterocycles. The van der Waals surface area contributed by atoms with Crippen molar-refractivity contribution in [1.29, 1.82) is 0 Å². The van der Waals surface area contributed by atoms with Crippen molar-refractivity contribution in [3.8, 4) is 0 Å². The van der Waals surface area contributed by atoms with Crippen LogP contribution in [-0.4, -0.2) is 66.6 Å². The fourth-order valence-electron chi connectivity index (χ4n) is 2.99. The van der Waals surface area contributed by atoms with Crippen molar-refractivity contribution in [2.24, 2.45) is 0 Å². The van der Waals surface area contributed by atoms with Gasteiger partial charge in [-0.3, -0.25) is 14.6 Å². The molecule has 1 aliphatic rings. The average molecular weight is 331 g/mol. The van der Waals surface area contributed by atoms with Crippen LogP contribution in [0.1, 0.15) is 18.1 Å². The van der Waals surface area contributed by atoms with E-state index in [1.165, 1.54) is 5.56 Å². The largest absolute Gasteiger partial charge is 0.384 e. The Bertz CT molecular complexity index is 546. The van der Waals surface area contributed by atoms with E-state index < -0.39 is 5.60 Å². The summed E-state index contributed by atoms with van der Waals surface area (Å²) >= 11 is 0. The monoisotopic (exact) mass is 331 g/mol. The summed E-state index contributed by atoms with van der Waals surface area (Å²) in [7, 11) is 0. The van der Waals surface area contributed by atoms with Crippen LogP contribution in [0.2, 0.25) is 0 Å². The van der Waals surface area contributed by atoms with Gasteiger partial charge in [-0.1, -0.05) is 35.9 Å². The van der Waals surface area contributed by atoms with Crippen molar-refractivity contribution < 1.29 is 9.90 Å². The van der Waals surface area contributed by atoms with Crippen LogP contribution >= 0.6 is 0 Å². The number of carbonyl (C=O) groups excluding carboxylic acids is 1. The summed E-state index contributed by atoms with van der Waals surface area (Å²) in [6.45, 7) is 12.4. The van der Waals surface area contributed by atoms with Crippen LogP contribution in [0.15, 0.2) is 36.9 Å². The number of amides is 1. The zero-order chi connectivity index (χ0) is 17.6. The lowest BCUT2D eigenvalue weighted by molar-refractivity contribution is -0.122. The molecule has 0 saturated carbocycles. The van der Waals surface area contributed by atoms with E-state index in [0.29, 0.717) is 19.6 Å². The van der Waals surface area contributed by atoms with E-state index >= 15 is 0 Å². The molecule has 2 N–H and O–H groups in total. The normalized spacial score (nSPS) is 18.8. The van der Waals surface area contributed by atoms with Crippen molar-refractivity contribution in [2.45, 2.75) is 19.4 Å². The Hall–Kier alpha value is -1.69. The zero-order valence-electron chi connectivity index (χ0n) is 14.8. The highest BCUT2D eigenvalue weighted by Gasteiger charge is 2.28. The molecule has 0 unspecified atom stereocenters. The van der Waals surface area contributed by atoms with Crippen molar-refractivity contribution in [1.82, 2.24) is 15.1 Å². The van der Waals surface area contributed by atoms with Gasteiger partial charge in [0, 0.05) is 39.3 Å². The second-order valence-corrected chi connectivity index (χ2v) is 6.78. The second-order valence-electron chi connectivity index (χ2n) is 6.78. The van der Waals surface area contributed by atoms with E-state index in [-0.39, 0.29) is 5.91 Å². The van der Waals surface area contributed by atoms with Gasteiger partial charge in [-0.05, 0) is 19.4 Å². The van der Waals surface area contributed by atoms with Gasteiger partial charge in [0.15, 0.2) is 0 Å². The van der Waals surface area contributed by atoms with E-state index in [1.807, 2.05) is 38.1 Å². The number of hydrogen-bond donors (Lipinski definition) is 2. The predicted molar refractivity (Wildman–Crippen MR) is 96.8 cm³/mol. The maximum Gasteiger partial charge on any atom is 0.234 e. The van der Waals surface area contributed by atoms with E-state index in [2.05, 4.69) is 21.7 Å². The number of piperazine rings is 1. The van der Waals surface area contributed by atoms with Crippen molar-refractivity contribution >= 4 is 5.91 Å². The van der Waals surface area contributed by atoms with Crippen molar-refractivity contribution in [2.75, 3.05) is 45.8 Å². The Balaban J connectivity index is 1.80. The maximum atomic E-state index is 11.7. The smallest absolute Gasteiger partial charge is 0.234 e. The molecule has 0 aromatic heterocycles. The molecule has 132 valence electrons. The van der Waals surface area contributed by atoms with Crippen LogP contribution in [-0.2, 0) is 10.4 Å².